The second kappa shape index (κ2) is 7.26. The number of aromatic nitrogens is 3. The van der Waals surface area contributed by atoms with Crippen LogP contribution < -0.4 is 11.0 Å². The van der Waals surface area contributed by atoms with Crippen LogP contribution in [0.1, 0.15) is 31.5 Å². The fourth-order valence-electron chi connectivity index (χ4n) is 3.85. The molecular formula is C20H23N5O2. The third-order valence-electron chi connectivity index (χ3n) is 5.21. The zero-order chi connectivity index (χ0) is 18.8. The highest BCUT2D eigenvalue weighted by Gasteiger charge is 2.28. The third-order valence-corrected chi connectivity index (χ3v) is 5.21. The van der Waals surface area contributed by atoms with Crippen LogP contribution in [-0.4, -0.2) is 38.8 Å². The van der Waals surface area contributed by atoms with Crippen molar-refractivity contribution in [3.63, 3.8) is 0 Å². The molecule has 0 spiro atoms. The highest BCUT2D eigenvalue weighted by atomic mass is 16.2. The summed E-state index contributed by atoms with van der Waals surface area (Å²) in [7, 11) is 0. The van der Waals surface area contributed by atoms with Crippen LogP contribution in [0, 0.1) is 0 Å². The Morgan fingerprint density at radius 2 is 2.07 bits per heavy atom. The largest absolute Gasteiger partial charge is 0.343 e. The van der Waals surface area contributed by atoms with Crippen molar-refractivity contribution in [1.29, 1.82) is 0 Å². The van der Waals surface area contributed by atoms with Gasteiger partial charge in [0.25, 0.3) is 0 Å². The number of fused-ring (bicyclic) bond motifs is 1. The number of amides is 2. The van der Waals surface area contributed by atoms with Gasteiger partial charge in [0.2, 0.25) is 0 Å². The van der Waals surface area contributed by atoms with Crippen molar-refractivity contribution in [2.24, 2.45) is 0 Å². The number of H-pyrrole nitrogens is 1. The van der Waals surface area contributed by atoms with Gasteiger partial charge >= 0.3 is 11.7 Å². The monoisotopic (exact) mass is 365 g/mol. The van der Waals surface area contributed by atoms with Crippen molar-refractivity contribution >= 4 is 22.5 Å². The lowest BCUT2D eigenvalue weighted by Crippen LogP contribution is -2.42. The first-order valence-electron chi connectivity index (χ1n) is 9.36. The van der Waals surface area contributed by atoms with Gasteiger partial charge in [-0.2, -0.15) is 5.10 Å². The number of benzene rings is 2. The lowest BCUT2D eigenvalue weighted by Gasteiger charge is -2.32. The average Bonchev–Trinajstić information content (AvgIpc) is 3.09. The predicted octanol–water partition coefficient (Wildman–Crippen LogP) is 3.16. The Balaban J connectivity index is 1.52. The lowest BCUT2D eigenvalue weighted by atomic mass is 9.97. The number of urea groups is 1. The van der Waals surface area contributed by atoms with Crippen LogP contribution in [0.3, 0.4) is 0 Å². The van der Waals surface area contributed by atoms with E-state index >= 15 is 0 Å². The number of likely N-dealkylation sites (tertiary alicyclic amines) is 1. The van der Waals surface area contributed by atoms with Crippen molar-refractivity contribution < 1.29 is 4.79 Å². The number of hydrogen-bond acceptors (Lipinski definition) is 3. The Kier molecular flexibility index (Phi) is 4.66. The van der Waals surface area contributed by atoms with E-state index in [9.17, 15) is 9.59 Å². The van der Waals surface area contributed by atoms with Crippen molar-refractivity contribution in [3.8, 4) is 0 Å². The van der Waals surface area contributed by atoms with Gasteiger partial charge in [0.15, 0.2) is 0 Å². The van der Waals surface area contributed by atoms with E-state index < -0.39 is 0 Å². The van der Waals surface area contributed by atoms with E-state index in [0.717, 1.165) is 35.1 Å². The maximum Gasteiger partial charge on any atom is 0.343 e. The van der Waals surface area contributed by atoms with Crippen LogP contribution in [0.2, 0.25) is 0 Å². The van der Waals surface area contributed by atoms with Gasteiger partial charge in [-0.3, -0.25) is 4.57 Å². The topological polar surface area (TPSA) is 83.0 Å². The molecule has 0 aliphatic carbocycles. The van der Waals surface area contributed by atoms with Crippen LogP contribution in [0.5, 0.6) is 0 Å². The van der Waals surface area contributed by atoms with E-state index in [4.69, 9.17) is 0 Å². The van der Waals surface area contributed by atoms with E-state index in [2.05, 4.69) is 15.5 Å². The standard InChI is InChI=1S/C20H23N5O2/c1-2-25-18(22-23-20(25)27)15-9-6-12-24(13-15)19(26)21-17-11-5-8-14-7-3-4-10-16(14)17/h3-5,7-8,10-11,15H,2,6,9,12-13H2,1H3,(H,21,26)(H,23,27). The Morgan fingerprint density at radius 1 is 1.26 bits per heavy atom. The second-order valence-corrected chi connectivity index (χ2v) is 6.87. The molecule has 2 aromatic carbocycles. The molecule has 1 unspecified atom stereocenters. The maximum atomic E-state index is 12.9. The number of piperidine rings is 1. The first-order valence-corrected chi connectivity index (χ1v) is 9.36. The number of nitrogens with one attached hydrogen (secondary N) is 2. The minimum atomic E-state index is -0.190. The van der Waals surface area contributed by atoms with Crippen LogP contribution in [-0.2, 0) is 6.54 Å². The number of hydrogen-bond donors (Lipinski definition) is 2. The number of carbonyl (C=O) groups is 1. The second-order valence-electron chi connectivity index (χ2n) is 6.87. The van der Waals surface area contributed by atoms with Gasteiger partial charge in [-0.25, -0.2) is 14.7 Å². The molecule has 1 fully saturated rings. The van der Waals surface area contributed by atoms with Crippen molar-refractivity contribution in [2.75, 3.05) is 18.4 Å². The molecule has 2 heterocycles. The zero-order valence-corrected chi connectivity index (χ0v) is 15.3. The van der Waals surface area contributed by atoms with Crippen LogP contribution in [0.4, 0.5) is 10.5 Å². The molecule has 7 nitrogen and oxygen atoms in total. The van der Waals surface area contributed by atoms with Crippen LogP contribution in [0.25, 0.3) is 10.8 Å². The molecule has 7 heteroatoms. The first kappa shape index (κ1) is 17.3. The van der Waals surface area contributed by atoms with Gasteiger partial charge < -0.3 is 10.2 Å². The molecule has 1 aromatic heterocycles. The van der Waals surface area contributed by atoms with Gasteiger partial charge in [-0.15, -0.1) is 0 Å². The molecule has 2 N–H and O–H groups in total. The molecule has 3 aromatic rings. The molecule has 0 saturated carbocycles. The molecule has 0 radical (unpaired) electrons. The fraction of sp³-hybridized carbons (Fsp3) is 0.350. The summed E-state index contributed by atoms with van der Waals surface area (Å²) in [5.74, 6) is 0.807. The minimum Gasteiger partial charge on any atom is -0.324 e. The lowest BCUT2D eigenvalue weighted by molar-refractivity contribution is 0.190. The molecule has 2 amide bonds. The Bertz CT molecular complexity index is 1020. The molecular weight excluding hydrogens is 342 g/mol. The van der Waals surface area contributed by atoms with Crippen molar-refractivity contribution in [1.82, 2.24) is 19.7 Å². The van der Waals surface area contributed by atoms with Crippen LogP contribution in [0.15, 0.2) is 47.3 Å². The van der Waals surface area contributed by atoms with Gasteiger partial charge in [0.05, 0.1) is 5.69 Å². The van der Waals surface area contributed by atoms with Gasteiger partial charge in [0, 0.05) is 30.9 Å². The molecule has 0 bridgehead atoms. The van der Waals surface area contributed by atoms with Gasteiger partial charge in [-0.1, -0.05) is 36.4 Å². The smallest absolute Gasteiger partial charge is 0.324 e. The van der Waals surface area contributed by atoms with Gasteiger partial charge in [0.1, 0.15) is 5.82 Å². The maximum absolute atomic E-state index is 12.9. The Morgan fingerprint density at radius 3 is 2.93 bits per heavy atom. The summed E-state index contributed by atoms with van der Waals surface area (Å²) in [6, 6.07) is 13.8. The number of carbonyl (C=O) groups excluding carboxylic acids is 1. The zero-order valence-electron chi connectivity index (χ0n) is 15.3. The molecule has 140 valence electrons. The predicted molar refractivity (Wildman–Crippen MR) is 105 cm³/mol. The molecule has 4 rings (SSSR count). The highest BCUT2D eigenvalue weighted by Crippen LogP contribution is 2.27. The summed E-state index contributed by atoms with van der Waals surface area (Å²) in [6.07, 6.45) is 1.81. The highest BCUT2D eigenvalue weighted by molar-refractivity contribution is 6.01. The minimum absolute atomic E-state index is 0.0657. The third kappa shape index (κ3) is 3.32. The summed E-state index contributed by atoms with van der Waals surface area (Å²) in [5.41, 5.74) is 0.621. The summed E-state index contributed by atoms with van der Waals surface area (Å²) in [4.78, 5) is 26.5. The van der Waals surface area contributed by atoms with E-state index in [1.54, 1.807) is 4.57 Å². The van der Waals surface area contributed by atoms with E-state index in [1.807, 2.05) is 54.3 Å². The van der Waals surface area contributed by atoms with E-state index in [0.29, 0.717) is 19.6 Å². The first-order chi connectivity index (χ1) is 13.2. The van der Waals surface area contributed by atoms with Gasteiger partial charge in [-0.05, 0) is 31.2 Å². The number of aromatic amines is 1. The number of nitrogens with zero attached hydrogens (tertiary/aromatic N) is 3. The Hall–Kier alpha value is -3.09. The SMILES string of the molecule is CCn1c(C2CCCN(C(=O)Nc3cccc4ccccc34)C2)n[nH]c1=O. The Labute approximate surface area is 157 Å². The molecule has 1 atom stereocenters. The normalized spacial score (nSPS) is 17.2. The van der Waals surface area contributed by atoms with E-state index in [-0.39, 0.29) is 17.6 Å². The fourth-order valence-corrected chi connectivity index (χ4v) is 3.85. The average molecular weight is 365 g/mol. The molecule has 1 aliphatic rings. The van der Waals surface area contributed by atoms with Crippen LogP contribution >= 0.6 is 0 Å². The van der Waals surface area contributed by atoms with Crippen molar-refractivity contribution in [3.05, 3.63) is 58.8 Å². The number of rotatable bonds is 3. The summed E-state index contributed by atoms with van der Waals surface area (Å²) in [5, 5.41) is 11.9. The number of anilines is 1. The summed E-state index contributed by atoms with van der Waals surface area (Å²) < 4.78 is 1.65. The quantitative estimate of drug-likeness (QED) is 0.748. The molecule has 1 saturated heterocycles. The van der Waals surface area contributed by atoms with E-state index in [1.165, 1.54) is 0 Å². The van der Waals surface area contributed by atoms with Crippen molar-refractivity contribution in [2.45, 2.75) is 32.2 Å². The summed E-state index contributed by atoms with van der Waals surface area (Å²) in [6.45, 7) is 3.76. The summed E-state index contributed by atoms with van der Waals surface area (Å²) >= 11 is 0. The molecule has 27 heavy (non-hydrogen) atoms. The molecule has 1 aliphatic heterocycles.